The van der Waals surface area contributed by atoms with E-state index in [0.717, 1.165) is 139 Å². The largest absolute Gasteiger partial charge is 0.468 e. The molecule has 0 unspecified atom stereocenters. The molecule has 0 fully saturated rings. The van der Waals surface area contributed by atoms with Crippen LogP contribution in [0, 0.1) is 0 Å². The summed E-state index contributed by atoms with van der Waals surface area (Å²) in [5.74, 6) is 0.752. The van der Waals surface area contributed by atoms with Gasteiger partial charge in [0.15, 0.2) is 0 Å². The van der Waals surface area contributed by atoms with Crippen LogP contribution < -0.4 is 26.4 Å². The monoisotopic (exact) mass is 832 g/mol. The van der Waals surface area contributed by atoms with Crippen molar-refractivity contribution in [2.75, 3.05) is 9.80 Å². The molecule has 0 amide bonds. The normalized spacial score (nSPS) is 13.1. The van der Waals surface area contributed by atoms with E-state index in [1.54, 1.807) is 0 Å². The number of para-hydroxylation sites is 4. The molecule has 2 aliphatic rings. The average Bonchev–Trinajstić information content (AvgIpc) is 4.14. The molecule has 7 heteroatoms. The fourth-order valence-electron chi connectivity index (χ4n) is 10.9. The first-order chi connectivity index (χ1) is 32.2. The van der Waals surface area contributed by atoms with Crippen LogP contribution in [0.2, 0.25) is 0 Å². The number of benzene rings is 9. The van der Waals surface area contributed by atoms with Crippen molar-refractivity contribution in [3.05, 3.63) is 200 Å². The van der Waals surface area contributed by atoms with Crippen molar-refractivity contribution < 1.29 is 17.7 Å². The lowest BCUT2D eigenvalue weighted by molar-refractivity contribution is 0.622. The van der Waals surface area contributed by atoms with Gasteiger partial charge in [0.05, 0.1) is 22.7 Å². The zero-order valence-electron chi connectivity index (χ0n) is 34.7. The third-order valence-electron chi connectivity index (χ3n) is 13.7. The minimum atomic E-state index is -0.306. The van der Waals surface area contributed by atoms with Crippen molar-refractivity contribution in [2.45, 2.75) is 0 Å². The molecule has 4 aromatic heterocycles. The summed E-state index contributed by atoms with van der Waals surface area (Å²) in [5.41, 5.74) is 17.3. The number of nitrogens with zero attached hydrogens (tertiary/aromatic N) is 2. The van der Waals surface area contributed by atoms with Crippen molar-refractivity contribution in [1.29, 1.82) is 0 Å². The van der Waals surface area contributed by atoms with Crippen LogP contribution >= 0.6 is 0 Å². The van der Waals surface area contributed by atoms with Gasteiger partial charge in [0.1, 0.15) is 33.5 Å². The first kappa shape index (κ1) is 34.9. The molecular weight excluding hydrogens is 799 g/mol. The molecule has 0 spiro atoms. The molecule has 15 rings (SSSR count). The average molecular weight is 833 g/mol. The van der Waals surface area contributed by atoms with Gasteiger partial charge in [-0.15, -0.1) is 0 Å². The van der Waals surface area contributed by atoms with Gasteiger partial charge in [-0.1, -0.05) is 133 Å². The maximum atomic E-state index is 7.23. The first-order valence-corrected chi connectivity index (χ1v) is 22.0. The Bertz CT molecular complexity index is 4100. The number of rotatable bonds is 4. The minimum absolute atomic E-state index is 0.306. The van der Waals surface area contributed by atoms with E-state index in [9.17, 15) is 0 Å². The van der Waals surface area contributed by atoms with Crippen molar-refractivity contribution >= 4 is 123 Å². The summed E-state index contributed by atoms with van der Waals surface area (Å²) in [6.07, 6.45) is 0. The fraction of sp³-hybridized carbons (Fsp3) is 0. The number of hydrogen-bond acceptors (Lipinski definition) is 6. The molecule has 65 heavy (non-hydrogen) atoms. The molecule has 2 aliphatic heterocycles. The molecule has 13 aromatic rings. The van der Waals surface area contributed by atoms with Gasteiger partial charge >= 0.3 is 6.71 Å². The van der Waals surface area contributed by atoms with Crippen LogP contribution in [-0.4, -0.2) is 6.71 Å². The van der Waals surface area contributed by atoms with Crippen LogP contribution in [0.25, 0.3) is 88.1 Å². The Morgan fingerprint density at radius 3 is 1.35 bits per heavy atom. The van der Waals surface area contributed by atoms with Gasteiger partial charge in [-0.3, -0.25) is 4.90 Å². The summed E-state index contributed by atoms with van der Waals surface area (Å²) in [5, 5.41) is 6.36. The molecule has 302 valence electrons. The zero-order chi connectivity index (χ0) is 42.3. The molecule has 6 heterocycles. The molecule has 0 bridgehead atoms. The second-order valence-corrected chi connectivity index (χ2v) is 17.1. The Morgan fingerprint density at radius 2 is 0.769 bits per heavy atom. The van der Waals surface area contributed by atoms with E-state index >= 15 is 0 Å². The van der Waals surface area contributed by atoms with Crippen LogP contribution in [0.1, 0.15) is 0 Å². The van der Waals surface area contributed by atoms with Crippen LogP contribution in [0.15, 0.2) is 218 Å². The minimum Gasteiger partial charge on any atom is -0.468 e. The lowest BCUT2D eigenvalue weighted by Gasteiger charge is -2.41. The lowest BCUT2D eigenvalue weighted by atomic mass is 9.35. The molecule has 6 nitrogen and oxygen atoms in total. The summed E-state index contributed by atoms with van der Waals surface area (Å²) in [7, 11) is 0. The van der Waals surface area contributed by atoms with Crippen molar-refractivity contribution in [3.63, 3.8) is 0 Å². The van der Waals surface area contributed by atoms with Gasteiger partial charge in [0.25, 0.3) is 0 Å². The topological polar surface area (TPSA) is 59.0 Å². The molecule has 0 saturated carbocycles. The van der Waals surface area contributed by atoms with Gasteiger partial charge in [-0.2, -0.15) is 0 Å². The fourth-order valence-corrected chi connectivity index (χ4v) is 10.9. The molecule has 0 atom stereocenters. The number of furan rings is 4. The molecule has 0 N–H and O–H groups in total. The van der Waals surface area contributed by atoms with Gasteiger partial charge in [0, 0.05) is 72.4 Å². The SMILES string of the molecule is c1ccc(-c2cc3c(cc2N2c4cccc5c4B(c4oc6ccccc6c4N5c4cc5oc6ccccc6c5cc4-c4ccccc4)c4c2oc2ccccc42)oc2ccccc23)cc1. The highest BCUT2D eigenvalue weighted by Crippen LogP contribution is 2.52. The number of fused-ring (bicyclic) bond motifs is 14. The van der Waals surface area contributed by atoms with E-state index in [4.69, 9.17) is 17.7 Å². The van der Waals surface area contributed by atoms with Crippen molar-refractivity contribution in [3.8, 4) is 22.3 Å². The third kappa shape index (κ3) is 4.78. The number of anilines is 6. The smallest absolute Gasteiger partial charge is 0.302 e. The standard InChI is InChI=1S/C58H33BN2O4/c1-3-16-34(17-4-1)40-30-42-36-20-7-11-26-48(36)62-52(42)32-46(40)60-44-24-15-25-45-55(44)59(57-56(60)39-23-10-14-29-51(39)64-57)54-38-22-9-13-28-50(38)65-58(54)61(45)47-33-53-43(37-21-8-12-27-49(37)63-53)31-41(47)35-18-5-2-6-19-35/h1-33H. The summed E-state index contributed by atoms with van der Waals surface area (Å²) >= 11 is 0. The highest BCUT2D eigenvalue weighted by atomic mass is 16.4. The quantitative estimate of drug-likeness (QED) is 0.165. The van der Waals surface area contributed by atoms with E-state index < -0.39 is 0 Å². The first-order valence-electron chi connectivity index (χ1n) is 22.0. The molecule has 0 radical (unpaired) electrons. The maximum absolute atomic E-state index is 7.23. The number of hydrogen-bond donors (Lipinski definition) is 0. The van der Waals surface area contributed by atoms with E-state index in [-0.39, 0.29) is 6.71 Å². The third-order valence-corrected chi connectivity index (χ3v) is 13.7. The Balaban J connectivity index is 1.08. The zero-order valence-corrected chi connectivity index (χ0v) is 34.7. The highest BCUT2D eigenvalue weighted by Gasteiger charge is 2.49. The van der Waals surface area contributed by atoms with Crippen LogP contribution in [0.4, 0.5) is 34.3 Å². The second-order valence-electron chi connectivity index (χ2n) is 17.1. The Hall–Kier alpha value is -8.68. The lowest BCUT2D eigenvalue weighted by Crippen LogP contribution is -2.60. The van der Waals surface area contributed by atoms with E-state index in [2.05, 4.69) is 180 Å². The second kappa shape index (κ2) is 12.9. The Morgan fingerprint density at radius 1 is 0.308 bits per heavy atom. The maximum Gasteiger partial charge on any atom is 0.302 e. The van der Waals surface area contributed by atoms with Crippen LogP contribution in [0.3, 0.4) is 0 Å². The van der Waals surface area contributed by atoms with Gasteiger partial charge in [0.2, 0.25) is 5.88 Å². The molecule has 0 saturated heterocycles. The van der Waals surface area contributed by atoms with Crippen molar-refractivity contribution in [1.82, 2.24) is 0 Å². The summed E-state index contributed by atoms with van der Waals surface area (Å²) in [6, 6.07) is 70.4. The van der Waals surface area contributed by atoms with E-state index in [1.165, 1.54) is 0 Å². The Labute approximate surface area is 371 Å². The van der Waals surface area contributed by atoms with Crippen LogP contribution in [0.5, 0.6) is 0 Å². The van der Waals surface area contributed by atoms with Gasteiger partial charge in [-0.05, 0) is 71.2 Å². The molecule has 9 aromatic carbocycles. The molecule has 0 aliphatic carbocycles. The van der Waals surface area contributed by atoms with E-state index in [1.807, 2.05) is 30.3 Å². The predicted molar refractivity (Wildman–Crippen MR) is 265 cm³/mol. The van der Waals surface area contributed by atoms with Crippen LogP contribution in [-0.2, 0) is 0 Å². The Kier molecular flexibility index (Phi) is 6.94. The summed E-state index contributed by atoms with van der Waals surface area (Å²) in [4.78, 5) is 4.75. The van der Waals surface area contributed by atoms with E-state index in [0.29, 0.717) is 0 Å². The predicted octanol–water partition coefficient (Wildman–Crippen LogP) is 14.4. The molecular formula is C58H33BN2O4. The summed E-state index contributed by atoms with van der Waals surface area (Å²) in [6.45, 7) is -0.306. The highest BCUT2D eigenvalue weighted by molar-refractivity contribution is 7.01. The van der Waals surface area contributed by atoms with Gasteiger partial charge in [-0.25, -0.2) is 0 Å². The van der Waals surface area contributed by atoms with Gasteiger partial charge < -0.3 is 22.6 Å². The van der Waals surface area contributed by atoms with Crippen molar-refractivity contribution in [2.24, 2.45) is 0 Å². The summed E-state index contributed by atoms with van der Waals surface area (Å²) < 4.78 is 27.7.